The molecule has 0 unspecified atom stereocenters. The van der Waals surface area contributed by atoms with Gasteiger partial charge < -0.3 is 15.8 Å². The van der Waals surface area contributed by atoms with Crippen molar-refractivity contribution in [3.8, 4) is 0 Å². The van der Waals surface area contributed by atoms with E-state index in [1.165, 1.54) is 19.2 Å². The summed E-state index contributed by atoms with van der Waals surface area (Å²) in [5, 5.41) is 3.07. The van der Waals surface area contributed by atoms with Gasteiger partial charge in [0.15, 0.2) is 0 Å². The molecule has 8 heteroatoms. The van der Waals surface area contributed by atoms with Crippen LogP contribution >= 0.6 is 11.6 Å². The van der Waals surface area contributed by atoms with Crippen LogP contribution in [0.2, 0.25) is 5.02 Å². The average molecular weight is 325 g/mol. The van der Waals surface area contributed by atoms with Gasteiger partial charge in [0, 0.05) is 18.7 Å². The molecule has 21 heavy (non-hydrogen) atoms. The Morgan fingerprint density at radius 1 is 1.38 bits per heavy atom. The molecule has 0 heterocycles. The van der Waals surface area contributed by atoms with Crippen molar-refractivity contribution >= 4 is 28.9 Å². The number of hydrogen-bond donors (Lipinski definition) is 2. The molecule has 118 valence electrons. The third-order valence-corrected chi connectivity index (χ3v) is 3.00. The van der Waals surface area contributed by atoms with E-state index >= 15 is 0 Å². The number of benzene rings is 1. The molecule has 0 aromatic heterocycles. The number of hydrogen-bond acceptors (Lipinski definition) is 4. The van der Waals surface area contributed by atoms with E-state index in [2.05, 4.69) is 10.1 Å². The zero-order valence-corrected chi connectivity index (χ0v) is 12.1. The largest absolute Gasteiger partial charge is 0.465 e. The van der Waals surface area contributed by atoms with Crippen molar-refractivity contribution in [3.63, 3.8) is 0 Å². The summed E-state index contributed by atoms with van der Waals surface area (Å²) in [6.07, 6.45) is -4.71. The number of anilines is 2. The van der Waals surface area contributed by atoms with Gasteiger partial charge in [0.2, 0.25) is 0 Å². The lowest BCUT2D eigenvalue weighted by atomic mass is 10.1. The summed E-state index contributed by atoms with van der Waals surface area (Å²) in [4.78, 5) is 11.6. The molecule has 1 aromatic rings. The third kappa shape index (κ3) is 5.71. The first kappa shape index (κ1) is 17.4. The molecule has 0 spiro atoms. The van der Waals surface area contributed by atoms with E-state index in [4.69, 9.17) is 17.3 Å². The van der Waals surface area contributed by atoms with E-state index in [9.17, 15) is 18.0 Å². The highest BCUT2D eigenvalue weighted by Gasteiger charge is 2.25. The van der Waals surface area contributed by atoms with Gasteiger partial charge in [0.05, 0.1) is 23.4 Å². The smallest absolute Gasteiger partial charge is 0.389 e. The fourth-order valence-corrected chi connectivity index (χ4v) is 2.04. The monoisotopic (exact) mass is 324 g/mol. The Labute approximate surface area is 125 Å². The zero-order valence-electron chi connectivity index (χ0n) is 11.4. The van der Waals surface area contributed by atoms with Gasteiger partial charge in [-0.25, -0.2) is 4.79 Å². The van der Waals surface area contributed by atoms with Crippen molar-refractivity contribution in [1.29, 1.82) is 0 Å². The maximum atomic E-state index is 12.0. The standard InChI is InChI=1S/C13H16ClF3N2O2/c1-21-12(20)9-6-8(18)7-10(14)11(9)19-5-3-2-4-13(15,16)17/h6-7,19H,2-5,18H2,1H3. The summed E-state index contributed by atoms with van der Waals surface area (Å²) < 4.78 is 40.7. The summed E-state index contributed by atoms with van der Waals surface area (Å²) in [6.45, 7) is 0.254. The number of nitrogens with two attached hydrogens (primary N) is 1. The Bertz CT molecular complexity index is 507. The van der Waals surface area contributed by atoms with E-state index in [1.54, 1.807) is 0 Å². The lowest BCUT2D eigenvalue weighted by Crippen LogP contribution is -2.12. The van der Waals surface area contributed by atoms with Gasteiger partial charge in [-0.2, -0.15) is 13.2 Å². The Kier molecular flexibility index (Phi) is 6.14. The number of nitrogen functional groups attached to an aromatic ring is 1. The predicted octanol–water partition coefficient (Wildman–Crippen LogP) is 3.85. The number of nitrogens with one attached hydrogen (secondary N) is 1. The minimum atomic E-state index is -4.16. The van der Waals surface area contributed by atoms with Crippen LogP contribution in [0, 0.1) is 0 Å². The molecule has 0 saturated heterocycles. The van der Waals surface area contributed by atoms with Crippen LogP contribution in [0.1, 0.15) is 29.6 Å². The van der Waals surface area contributed by atoms with Crippen LogP contribution in [-0.4, -0.2) is 25.8 Å². The number of esters is 1. The van der Waals surface area contributed by atoms with Crippen LogP contribution < -0.4 is 11.1 Å². The van der Waals surface area contributed by atoms with Gasteiger partial charge in [-0.05, 0) is 25.0 Å². The van der Waals surface area contributed by atoms with E-state index in [0.717, 1.165) is 0 Å². The summed E-state index contributed by atoms with van der Waals surface area (Å²) in [5.74, 6) is -0.623. The SMILES string of the molecule is COC(=O)c1cc(N)cc(Cl)c1NCCCCC(F)(F)F. The molecule has 1 aromatic carbocycles. The Morgan fingerprint density at radius 3 is 2.62 bits per heavy atom. The van der Waals surface area contributed by atoms with Gasteiger partial charge >= 0.3 is 12.1 Å². The van der Waals surface area contributed by atoms with Crippen molar-refractivity contribution in [1.82, 2.24) is 0 Å². The molecule has 0 aliphatic heterocycles. The number of alkyl halides is 3. The van der Waals surface area contributed by atoms with Crippen LogP contribution in [0.3, 0.4) is 0 Å². The number of methoxy groups -OCH3 is 1. The average Bonchev–Trinajstić information content (AvgIpc) is 2.37. The number of carbonyl (C=O) groups is 1. The summed E-state index contributed by atoms with van der Waals surface area (Å²) in [7, 11) is 1.21. The van der Waals surface area contributed by atoms with E-state index in [0.29, 0.717) is 17.8 Å². The number of unbranched alkanes of at least 4 members (excludes halogenated alkanes) is 1. The second kappa shape index (κ2) is 7.40. The molecule has 0 aliphatic rings. The van der Waals surface area contributed by atoms with Gasteiger partial charge in [-0.3, -0.25) is 0 Å². The van der Waals surface area contributed by atoms with Crippen LogP contribution in [0.15, 0.2) is 12.1 Å². The van der Waals surface area contributed by atoms with Crippen LogP contribution in [0.25, 0.3) is 0 Å². The molecule has 0 bridgehead atoms. The van der Waals surface area contributed by atoms with E-state index in [1.807, 2.05) is 0 Å². The fourth-order valence-electron chi connectivity index (χ4n) is 1.74. The molecule has 4 nitrogen and oxygen atoms in total. The van der Waals surface area contributed by atoms with E-state index in [-0.39, 0.29) is 23.6 Å². The summed E-state index contributed by atoms with van der Waals surface area (Å²) in [6, 6.07) is 2.85. The minimum Gasteiger partial charge on any atom is -0.465 e. The molecule has 1 rings (SSSR count). The quantitative estimate of drug-likeness (QED) is 0.474. The predicted molar refractivity (Wildman–Crippen MR) is 75.6 cm³/mol. The number of rotatable bonds is 6. The highest BCUT2D eigenvalue weighted by molar-refractivity contribution is 6.34. The van der Waals surface area contributed by atoms with Crippen molar-refractivity contribution in [2.24, 2.45) is 0 Å². The molecule has 3 N–H and O–H groups in total. The van der Waals surface area contributed by atoms with Crippen molar-refractivity contribution in [2.75, 3.05) is 24.7 Å². The fraction of sp³-hybridized carbons (Fsp3) is 0.462. The molecule has 0 fully saturated rings. The van der Waals surface area contributed by atoms with Crippen LogP contribution in [0.5, 0.6) is 0 Å². The first-order valence-corrected chi connectivity index (χ1v) is 6.60. The van der Waals surface area contributed by atoms with Gasteiger partial charge in [0.25, 0.3) is 0 Å². The second-order valence-electron chi connectivity index (χ2n) is 4.42. The zero-order chi connectivity index (χ0) is 16.0. The van der Waals surface area contributed by atoms with Crippen molar-refractivity contribution in [2.45, 2.75) is 25.4 Å². The Balaban J connectivity index is 2.68. The molecular weight excluding hydrogens is 309 g/mol. The highest BCUT2D eigenvalue weighted by Crippen LogP contribution is 2.30. The number of halogens is 4. The maximum absolute atomic E-state index is 12.0. The van der Waals surface area contributed by atoms with Crippen LogP contribution in [0.4, 0.5) is 24.5 Å². The third-order valence-electron chi connectivity index (χ3n) is 2.71. The lowest BCUT2D eigenvalue weighted by Gasteiger charge is -2.14. The van der Waals surface area contributed by atoms with Gasteiger partial charge in [-0.1, -0.05) is 11.6 Å². The molecule has 0 radical (unpaired) electrons. The summed E-state index contributed by atoms with van der Waals surface area (Å²) in [5.41, 5.74) is 6.36. The van der Waals surface area contributed by atoms with Crippen molar-refractivity contribution < 1.29 is 22.7 Å². The Morgan fingerprint density at radius 2 is 2.05 bits per heavy atom. The van der Waals surface area contributed by atoms with Crippen molar-refractivity contribution in [3.05, 3.63) is 22.7 Å². The molecule has 0 aliphatic carbocycles. The van der Waals surface area contributed by atoms with E-state index < -0.39 is 18.6 Å². The first-order chi connectivity index (χ1) is 9.74. The molecule has 0 amide bonds. The molecule has 0 atom stereocenters. The first-order valence-electron chi connectivity index (χ1n) is 6.22. The highest BCUT2D eigenvalue weighted by atomic mass is 35.5. The minimum absolute atomic E-state index is 0.00332. The van der Waals surface area contributed by atoms with Gasteiger partial charge in [-0.15, -0.1) is 0 Å². The lowest BCUT2D eigenvalue weighted by molar-refractivity contribution is -0.135. The Hall–Kier alpha value is -1.63. The van der Waals surface area contributed by atoms with Crippen LogP contribution in [-0.2, 0) is 4.74 Å². The number of ether oxygens (including phenoxy) is 1. The van der Waals surface area contributed by atoms with Gasteiger partial charge in [0.1, 0.15) is 0 Å². The molecular formula is C13H16ClF3N2O2. The molecule has 0 saturated carbocycles. The normalized spacial score (nSPS) is 11.3. The number of carbonyl (C=O) groups excluding carboxylic acids is 1. The maximum Gasteiger partial charge on any atom is 0.389 e. The second-order valence-corrected chi connectivity index (χ2v) is 4.82. The summed E-state index contributed by atoms with van der Waals surface area (Å²) >= 11 is 5.99. The topological polar surface area (TPSA) is 64.3 Å².